The van der Waals surface area contributed by atoms with E-state index in [1.807, 2.05) is 12.1 Å². The molecule has 0 radical (unpaired) electrons. The Bertz CT molecular complexity index is 578. The van der Waals surface area contributed by atoms with Crippen LogP contribution in [-0.2, 0) is 4.74 Å². The lowest BCUT2D eigenvalue weighted by molar-refractivity contribution is -0.0924. The molecule has 3 heterocycles. The predicted octanol–water partition coefficient (Wildman–Crippen LogP) is 1.89. The van der Waals surface area contributed by atoms with Crippen molar-refractivity contribution in [1.29, 1.82) is 0 Å². The summed E-state index contributed by atoms with van der Waals surface area (Å²) in [5.41, 5.74) is 1.01. The number of rotatable bonds is 4. The minimum absolute atomic E-state index is 0.180. The third-order valence-electron chi connectivity index (χ3n) is 3.15. The van der Waals surface area contributed by atoms with Crippen LogP contribution in [-0.4, -0.2) is 34.9 Å². The lowest BCUT2D eigenvalue weighted by Gasteiger charge is -2.38. The van der Waals surface area contributed by atoms with Crippen LogP contribution >= 0.6 is 0 Å². The summed E-state index contributed by atoms with van der Waals surface area (Å²) in [6.45, 7) is 6.35. The van der Waals surface area contributed by atoms with Gasteiger partial charge in [-0.15, -0.1) is 0 Å². The number of anilines is 1. The van der Waals surface area contributed by atoms with Crippen LogP contribution in [0.2, 0.25) is 0 Å². The summed E-state index contributed by atoms with van der Waals surface area (Å²) >= 11 is 0. The molecule has 1 aliphatic heterocycles. The van der Waals surface area contributed by atoms with E-state index in [0.29, 0.717) is 11.7 Å². The normalized spacial score (nSPS) is 16.9. The quantitative estimate of drug-likeness (QED) is 0.905. The van der Waals surface area contributed by atoms with Crippen molar-refractivity contribution >= 4 is 5.82 Å². The fourth-order valence-electron chi connectivity index (χ4n) is 1.97. The van der Waals surface area contributed by atoms with Gasteiger partial charge in [-0.3, -0.25) is 0 Å². The van der Waals surface area contributed by atoms with E-state index in [1.165, 1.54) is 0 Å². The van der Waals surface area contributed by atoms with Gasteiger partial charge in [0, 0.05) is 18.2 Å². The Morgan fingerprint density at radius 2 is 2.26 bits per heavy atom. The van der Waals surface area contributed by atoms with Crippen LogP contribution in [0.4, 0.5) is 5.82 Å². The number of aromatic nitrogens is 3. The summed E-state index contributed by atoms with van der Waals surface area (Å²) in [5.74, 6) is 1.87. The van der Waals surface area contributed by atoms with E-state index >= 15 is 0 Å². The largest absolute Gasteiger partial charge is 0.380 e. The molecule has 1 N–H and O–H groups in total. The van der Waals surface area contributed by atoms with Crippen molar-refractivity contribution in [2.75, 3.05) is 25.1 Å². The first-order valence-electron chi connectivity index (χ1n) is 6.24. The highest BCUT2D eigenvalue weighted by Crippen LogP contribution is 2.29. The summed E-state index contributed by atoms with van der Waals surface area (Å²) in [4.78, 5) is 8.58. The summed E-state index contributed by atoms with van der Waals surface area (Å²) < 4.78 is 10.4. The molecule has 2 aromatic rings. The Labute approximate surface area is 111 Å². The Morgan fingerprint density at radius 3 is 2.89 bits per heavy atom. The lowest BCUT2D eigenvalue weighted by atomic mass is 9.89. The molecule has 100 valence electrons. The predicted molar refractivity (Wildman–Crippen MR) is 69.7 cm³/mol. The second-order valence-electron chi connectivity index (χ2n) is 5.20. The van der Waals surface area contributed by atoms with Gasteiger partial charge in [0.05, 0.1) is 18.8 Å². The maximum absolute atomic E-state index is 5.24. The molecule has 6 nitrogen and oxygen atoms in total. The van der Waals surface area contributed by atoms with Crippen molar-refractivity contribution in [2.24, 2.45) is 5.41 Å². The molecular formula is C13H16N4O2. The molecule has 1 saturated heterocycles. The van der Waals surface area contributed by atoms with E-state index in [1.54, 1.807) is 13.1 Å². The van der Waals surface area contributed by atoms with Crippen molar-refractivity contribution in [1.82, 2.24) is 15.1 Å². The fourth-order valence-corrected chi connectivity index (χ4v) is 1.97. The molecule has 0 saturated carbocycles. The standard InChI is InChI=1S/C13H16N4O2/c1-9-16-12(19-17-9)10-4-3-5-14-11(10)15-6-13(2)7-18-8-13/h3-5H,6-8H2,1-2H3,(H,14,15). The van der Waals surface area contributed by atoms with Gasteiger partial charge in [0.25, 0.3) is 5.89 Å². The van der Waals surface area contributed by atoms with Crippen LogP contribution in [0.3, 0.4) is 0 Å². The zero-order valence-corrected chi connectivity index (χ0v) is 11.0. The molecule has 0 bridgehead atoms. The van der Waals surface area contributed by atoms with E-state index < -0.39 is 0 Å². The molecule has 0 unspecified atom stereocenters. The molecule has 6 heteroatoms. The fraction of sp³-hybridized carbons (Fsp3) is 0.462. The molecule has 0 atom stereocenters. The average molecular weight is 260 g/mol. The van der Waals surface area contributed by atoms with Gasteiger partial charge >= 0.3 is 0 Å². The van der Waals surface area contributed by atoms with Crippen molar-refractivity contribution in [3.05, 3.63) is 24.2 Å². The molecule has 0 aromatic carbocycles. The van der Waals surface area contributed by atoms with Gasteiger partial charge in [0.2, 0.25) is 0 Å². The van der Waals surface area contributed by atoms with Crippen LogP contribution in [0, 0.1) is 12.3 Å². The monoisotopic (exact) mass is 260 g/mol. The van der Waals surface area contributed by atoms with Crippen molar-refractivity contribution in [3.8, 4) is 11.5 Å². The van der Waals surface area contributed by atoms with Gasteiger partial charge in [0.15, 0.2) is 5.82 Å². The summed E-state index contributed by atoms with van der Waals surface area (Å²) in [6, 6.07) is 3.77. The Balaban J connectivity index is 1.81. The third kappa shape index (κ3) is 2.44. The Hall–Kier alpha value is -1.95. The van der Waals surface area contributed by atoms with Gasteiger partial charge in [-0.2, -0.15) is 4.98 Å². The Morgan fingerprint density at radius 1 is 1.42 bits per heavy atom. The number of hydrogen-bond acceptors (Lipinski definition) is 6. The topological polar surface area (TPSA) is 73.1 Å². The van der Waals surface area contributed by atoms with E-state index in [2.05, 4.69) is 27.4 Å². The molecular weight excluding hydrogens is 244 g/mol. The van der Waals surface area contributed by atoms with E-state index in [9.17, 15) is 0 Å². The number of aryl methyl sites for hydroxylation is 1. The molecule has 2 aromatic heterocycles. The van der Waals surface area contributed by atoms with Crippen LogP contribution < -0.4 is 5.32 Å². The molecule has 0 spiro atoms. The van der Waals surface area contributed by atoms with Crippen LogP contribution in [0.1, 0.15) is 12.7 Å². The minimum Gasteiger partial charge on any atom is -0.380 e. The smallest absolute Gasteiger partial charge is 0.261 e. The third-order valence-corrected chi connectivity index (χ3v) is 3.15. The number of nitrogens with zero attached hydrogens (tertiary/aromatic N) is 3. The summed E-state index contributed by atoms with van der Waals surface area (Å²) in [6.07, 6.45) is 1.74. The molecule has 0 amide bonds. The first-order chi connectivity index (χ1) is 9.16. The molecule has 1 aliphatic rings. The highest BCUT2D eigenvalue weighted by Gasteiger charge is 2.33. The number of nitrogens with one attached hydrogen (secondary N) is 1. The maximum atomic E-state index is 5.24. The number of pyridine rings is 1. The van der Waals surface area contributed by atoms with Crippen molar-refractivity contribution < 1.29 is 9.26 Å². The van der Waals surface area contributed by atoms with Gasteiger partial charge in [-0.1, -0.05) is 12.1 Å². The van der Waals surface area contributed by atoms with E-state index in [0.717, 1.165) is 31.1 Å². The summed E-state index contributed by atoms with van der Waals surface area (Å²) in [5, 5.41) is 7.15. The second-order valence-corrected chi connectivity index (χ2v) is 5.20. The Kier molecular flexibility index (Phi) is 2.94. The average Bonchev–Trinajstić information content (AvgIpc) is 2.81. The number of hydrogen-bond donors (Lipinski definition) is 1. The molecule has 3 rings (SSSR count). The van der Waals surface area contributed by atoms with Crippen LogP contribution in [0.25, 0.3) is 11.5 Å². The zero-order chi connectivity index (χ0) is 13.3. The molecule has 0 aliphatic carbocycles. The van der Waals surface area contributed by atoms with Crippen LogP contribution in [0.5, 0.6) is 0 Å². The van der Waals surface area contributed by atoms with E-state index in [4.69, 9.17) is 9.26 Å². The second kappa shape index (κ2) is 4.62. The van der Waals surface area contributed by atoms with E-state index in [-0.39, 0.29) is 5.41 Å². The highest BCUT2D eigenvalue weighted by molar-refractivity contribution is 5.68. The van der Waals surface area contributed by atoms with Gasteiger partial charge < -0.3 is 14.6 Å². The number of ether oxygens (including phenoxy) is 1. The van der Waals surface area contributed by atoms with Gasteiger partial charge in [0.1, 0.15) is 5.82 Å². The van der Waals surface area contributed by atoms with Gasteiger partial charge in [-0.05, 0) is 19.1 Å². The first kappa shape index (κ1) is 12.1. The highest BCUT2D eigenvalue weighted by atomic mass is 16.5. The SMILES string of the molecule is Cc1noc(-c2cccnc2NCC2(C)COC2)n1. The van der Waals surface area contributed by atoms with Crippen LogP contribution in [0.15, 0.2) is 22.9 Å². The summed E-state index contributed by atoms with van der Waals surface area (Å²) in [7, 11) is 0. The van der Waals surface area contributed by atoms with Crippen molar-refractivity contribution in [2.45, 2.75) is 13.8 Å². The van der Waals surface area contributed by atoms with Crippen molar-refractivity contribution in [3.63, 3.8) is 0 Å². The molecule has 1 fully saturated rings. The molecule has 19 heavy (non-hydrogen) atoms. The lowest BCUT2D eigenvalue weighted by Crippen LogP contribution is -2.45. The zero-order valence-electron chi connectivity index (χ0n) is 11.0. The first-order valence-corrected chi connectivity index (χ1v) is 6.24. The minimum atomic E-state index is 0.180. The maximum Gasteiger partial charge on any atom is 0.261 e. The van der Waals surface area contributed by atoms with Gasteiger partial charge in [-0.25, -0.2) is 4.98 Å².